The van der Waals surface area contributed by atoms with Crippen LogP contribution in [-0.4, -0.2) is 30.5 Å². The van der Waals surface area contributed by atoms with Gasteiger partial charge in [0.15, 0.2) is 0 Å². The maximum absolute atomic E-state index is 13.0. The number of hydrogen-bond acceptors (Lipinski definition) is 3. The minimum atomic E-state index is -4.77. The Morgan fingerprint density at radius 1 is 1.32 bits per heavy atom. The van der Waals surface area contributed by atoms with Crippen LogP contribution in [0.1, 0.15) is 44.6 Å². The molecule has 3 N–H and O–H groups in total. The Morgan fingerprint density at radius 3 is 2.61 bits per heavy atom. The molecular weight excluding hydrogens is 369 g/mol. The van der Waals surface area contributed by atoms with Crippen LogP contribution in [0.2, 0.25) is 0 Å². The fourth-order valence-corrected chi connectivity index (χ4v) is 3.13. The molecule has 1 aromatic carbocycles. The Kier molecular flexibility index (Phi) is 7.83. The molecule has 0 saturated heterocycles. The number of amides is 1. The van der Waals surface area contributed by atoms with E-state index in [1.165, 1.54) is 6.08 Å². The SMILES string of the molecule is CCCCC(N)C(=O)NCCC1(OC(F)(F)F)C=CC(c2ccccc2)=CC1. The Morgan fingerprint density at radius 2 is 2.04 bits per heavy atom. The zero-order valence-corrected chi connectivity index (χ0v) is 16.0. The molecule has 2 unspecified atom stereocenters. The molecule has 0 aromatic heterocycles. The first-order valence-electron chi connectivity index (χ1n) is 9.50. The highest BCUT2D eigenvalue weighted by Gasteiger charge is 2.42. The quantitative estimate of drug-likeness (QED) is 0.653. The smallest absolute Gasteiger partial charge is 0.355 e. The number of carbonyl (C=O) groups excluding carboxylic acids is 1. The summed E-state index contributed by atoms with van der Waals surface area (Å²) in [5, 5.41) is 2.63. The largest absolute Gasteiger partial charge is 0.523 e. The summed E-state index contributed by atoms with van der Waals surface area (Å²) in [6.45, 7) is 2.04. The van der Waals surface area contributed by atoms with Crippen LogP contribution in [0, 0.1) is 0 Å². The first-order valence-corrected chi connectivity index (χ1v) is 9.50. The number of nitrogens with one attached hydrogen (secondary N) is 1. The first kappa shape index (κ1) is 22.2. The number of carbonyl (C=O) groups is 1. The van der Waals surface area contributed by atoms with Gasteiger partial charge in [-0.15, -0.1) is 13.2 Å². The molecule has 28 heavy (non-hydrogen) atoms. The standard InChI is InChI=1S/C21H27F3N2O2/c1-2-3-9-18(25)19(27)26-15-14-20(28-21(22,23)24)12-10-17(11-13-20)16-7-5-4-6-8-16/h4-8,10-12,18H,2-3,9,13-15,25H2,1H3,(H,26,27). The van der Waals surface area contributed by atoms with Gasteiger partial charge in [0.25, 0.3) is 0 Å². The molecule has 1 aliphatic rings. The molecule has 0 radical (unpaired) electrons. The van der Waals surface area contributed by atoms with Crippen molar-refractivity contribution < 1.29 is 22.7 Å². The van der Waals surface area contributed by atoms with E-state index in [1.807, 2.05) is 37.3 Å². The summed E-state index contributed by atoms with van der Waals surface area (Å²) in [5.74, 6) is -0.351. The summed E-state index contributed by atoms with van der Waals surface area (Å²) < 4.78 is 43.4. The monoisotopic (exact) mass is 396 g/mol. The normalized spacial score (nSPS) is 20.5. The van der Waals surface area contributed by atoms with E-state index < -0.39 is 18.0 Å². The van der Waals surface area contributed by atoms with Crippen molar-refractivity contribution in [3.63, 3.8) is 0 Å². The van der Waals surface area contributed by atoms with Crippen molar-refractivity contribution >= 4 is 11.5 Å². The van der Waals surface area contributed by atoms with Gasteiger partial charge in [-0.25, -0.2) is 0 Å². The third-order valence-electron chi connectivity index (χ3n) is 4.71. The first-order chi connectivity index (χ1) is 13.2. The molecular formula is C21H27F3N2O2. The molecule has 154 valence electrons. The number of nitrogens with two attached hydrogens (primary N) is 1. The molecule has 0 fully saturated rings. The van der Waals surface area contributed by atoms with Crippen molar-refractivity contribution in [1.82, 2.24) is 5.32 Å². The van der Waals surface area contributed by atoms with E-state index in [4.69, 9.17) is 5.73 Å². The van der Waals surface area contributed by atoms with Crippen LogP contribution >= 0.6 is 0 Å². The molecule has 0 spiro atoms. The van der Waals surface area contributed by atoms with E-state index in [9.17, 15) is 18.0 Å². The van der Waals surface area contributed by atoms with Crippen molar-refractivity contribution in [2.75, 3.05) is 6.54 Å². The summed E-state index contributed by atoms with van der Waals surface area (Å²) in [6.07, 6.45) is 2.38. The van der Waals surface area contributed by atoms with E-state index in [2.05, 4.69) is 10.1 Å². The predicted molar refractivity (Wildman–Crippen MR) is 103 cm³/mol. The number of alkyl halides is 3. The van der Waals surface area contributed by atoms with Gasteiger partial charge in [-0.05, 0) is 30.4 Å². The minimum Gasteiger partial charge on any atom is -0.355 e. The average Bonchev–Trinajstić information content (AvgIpc) is 2.66. The van der Waals surface area contributed by atoms with Crippen molar-refractivity contribution in [3.05, 3.63) is 54.1 Å². The van der Waals surface area contributed by atoms with Gasteiger partial charge in [0.2, 0.25) is 5.91 Å². The van der Waals surface area contributed by atoms with Crippen LogP contribution in [0.15, 0.2) is 48.6 Å². The number of ether oxygens (including phenoxy) is 1. The number of hydrogen-bond donors (Lipinski definition) is 2. The van der Waals surface area contributed by atoms with Gasteiger partial charge in [-0.2, -0.15) is 0 Å². The van der Waals surface area contributed by atoms with Gasteiger partial charge in [-0.1, -0.05) is 68.3 Å². The number of halogens is 3. The predicted octanol–water partition coefficient (Wildman–Crippen LogP) is 4.33. The average molecular weight is 396 g/mol. The van der Waals surface area contributed by atoms with Gasteiger partial charge in [0.05, 0.1) is 6.04 Å². The number of benzene rings is 1. The summed E-state index contributed by atoms with van der Waals surface area (Å²) >= 11 is 0. The second kappa shape index (κ2) is 9.89. The lowest BCUT2D eigenvalue weighted by atomic mass is 9.87. The fourth-order valence-electron chi connectivity index (χ4n) is 3.13. The highest BCUT2D eigenvalue weighted by atomic mass is 19.4. The Labute approximate surface area is 163 Å². The molecule has 2 rings (SSSR count). The van der Waals surface area contributed by atoms with Crippen LogP contribution in [0.5, 0.6) is 0 Å². The fraction of sp³-hybridized carbons (Fsp3) is 0.476. The van der Waals surface area contributed by atoms with E-state index in [0.29, 0.717) is 6.42 Å². The summed E-state index contributed by atoms with van der Waals surface area (Å²) in [6, 6.07) is 8.76. The third kappa shape index (κ3) is 6.80. The Hall–Kier alpha value is -2.12. The highest BCUT2D eigenvalue weighted by molar-refractivity contribution is 5.81. The molecule has 0 heterocycles. The molecule has 0 aliphatic heterocycles. The maximum atomic E-state index is 13.0. The Bertz CT molecular complexity index is 701. The van der Waals surface area contributed by atoms with Crippen LogP contribution in [-0.2, 0) is 9.53 Å². The second-order valence-corrected chi connectivity index (χ2v) is 6.97. The van der Waals surface area contributed by atoms with Crippen molar-refractivity contribution in [3.8, 4) is 0 Å². The van der Waals surface area contributed by atoms with Crippen molar-refractivity contribution in [2.24, 2.45) is 5.73 Å². The van der Waals surface area contributed by atoms with Crippen LogP contribution < -0.4 is 11.1 Å². The molecule has 0 saturated carbocycles. The van der Waals surface area contributed by atoms with Crippen molar-refractivity contribution in [2.45, 2.75) is 57.0 Å². The zero-order chi connectivity index (χ0) is 20.6. The molecule has 2 atom stereocenters. The lowest BCUT2D eigenvalue weighted by Crippen LogP contribution is -2.44. The summed E-state index contributed by atoms with van der Waals surface area (Å²) in [7, 11) is 0. The summed E-state index contributed by atoms with van der Waals surface area (Å²) in [4.78, 5) is 12.0. The molecule has 0 bridgehead atoms. The van der Waals surface area contributed by atoms with Gasteiger partial charge < -0.3 is 11.1 Å². The van der Waals surface area contributed by atoms with Gasteiger partial charge in [-0.3, -0.25) is 9.53 Å². The van der Waals surface area contributed by atoms with Crippen molar-refractivity contribution in [1.29, 1.82) is 0 Å². The minimum absolute atomic E-state index is 0.00613. The molecule has 7 heteroatoms. The number of unbranched alkanes of at least 4 members (excludes halogenated alkanes) is 1. The lowest BCUT2D eigenvalue weighted by molar-refractivity contribution is -0.358. The number of allylic oxidation sites excluding steroid dienone is 2. The zero-order valence-electron chi connectivity index (χ0n) is 16.0. The van der Waals surface area contributed by atoms with E-state index in [0.717, 1.165) is 24.0 Å². The second-order valence-electron chi connectivity index (χ2n) is 6.97. The topological polar surface area (TPSA) is 64.4 Å². The highest BCUT2D eigenvalue weighted by Crippen LogP contribution is 2.36. The van der Waals surface area contributed by atoms with E-state index in [1.54, 1.807) is 12.2 Å². The van der Waals surface area contributed by atoms with Crippen LogP contribution in [0.4, 0.5) is 13.2 Å². The van der Waals surface area contributed by atoms with Gasteiger partial charge in [0.1, 0.15) is 5.60 Å². The lowest BCUT2D eigenvalue weighted by Gasteiger charge is -2.33. The summed E-state index contributed by atoms with van der Waals surface area (Å²) in [5.41, 5.74) is 6.01. The number of rotatable bonds is 9. The Balaban J connectivity index is 2.00. The van der Waals surface area contributed by atoms with E-state index in [-0.39, 0.29) is 25.3 Å². The van der Waals surface area contributed by atoms with E-state index >= 15 is 0 Å². The van der Waals surface area contributed by atoms with Gasteiger partial charge in [0, 0.05) is 6.54 Å². The van der Waals surface area contributed by atoms with Crippen LogP contribution in [0.3, 0.4) is 0 Å². The third-order valence-corrected chi connectivity index (χ3v) is 4.71. The maximum Gasteiger partial charge on any atom is 0.523 e. The molecule has 4 nitrogen and oxygen atoms in total. The molecule has 1 aliphatic carbocycles. The molecule has 1 aromatic rings. The van der Waals surface area contributed by atoms with Crippen LogP contribution in [0.25, 0.3) is 5.57 Å². The molecule has 1 amide bonds. The van der Waals surface area contributed by atoms with Gasteiger partial charge >= 0.3 is 6.36 Å².